The molecule has 0 radical (unpaired) electrons. The van der Waals surface area contributed by atoms with E-state index in [0.29, 0.717) is 40.9 Å². The molecular weight excluding hydrogens is 583 g/mol. The number of nitrogens with zero attached hydrogens (tertiary/aromatic N) is 2. The van der Waals surface area contributed by atoms with Crippen LogP contribution in [0, 0.1) is 0 Å². The third-order valence-electron chi connectivity index (χ3n) is 6.99. The van der Waals surface area contributed by atoms with Crippen molar-refractivity contribution in [2.75, 3.05) is 30.8 Å². The molecule has 2 heterocycles. The van der Waals surface area contributed by atoms with E-state index in [2.05, 4.69) is 10.6 Å². The maximum absolute atomic E-state index is 14.0. The van der Waals surface area contributed by atoms with Crippen LogP contribution < -0.4 is 15.4 Å². The molecule has 1 fully saturated rings. The summed E-state index contributed by atoms with van der Waals surface area (Å²) in [5, 5.41) is 6.44. The van der Waals surface area contributed by atoms with Crippen LogP contribution in [0.5, 0.6) is 5.75 Å². The predicted octanol–water partition coefficient (Wildman–Crippen LogP) is 7.27. The smallest absolute Gasteiger partial charge is 0.324 e. The van der Waals surface area contributed by atoms with Crippen molar-refractivity contribution in [1.29, 1.82) is 0 Å². The number of rotatable bonds is 6. The second kappa shape index (κ2) is 11.9. The van der Waals surface area contributed by atoms with Crippen molar-refractivity contribution >= 4 is 63.1 Å². The normalized spacial score (nSPS) is 15.1. The van der Waals surface area contributed by atoms with E-state index in [9.17, 15) is 14.4 Å². The van der Waals surface area contributed by atoms with E-state index in [-0.39, 0.29) is 22.3 Å². The molecule has 2 aromatic carbocycles. The van der Waals surface area contributed by atoms with E-state index in [1.54, 1.807) is 55.0 Å². The first-order chi connectivity index (χ1) is 19.2. The Balaban J connectivity index is 1.56. The van der Waals surface area contributed by atoms with Crippen LogP contribution in [0.1, 0.15) is 55.4 Å². The molecule has 0 atom stereocenters. The number of benzene rings is 2. The topological polar surface area (TPSA) is 91.0 Å². The number of nitrogens with one attached hydrogen (secondary N) is 2. The van der Waals surface area contributed by atoms with Gasteiger partial charge in [0.1, 0.15) is 16.3 Å². The lowest BCUT2D eigenvalue weighted by Gasteiger charge is -2.46. The Morgan fingerprint density at radius 1 is 1.05 bits per heavy atom. The number of hydrogen-bond donors (Lipinski definition) is 2. The van der Waals surface area contributed by atoms with Crippen LogP contribution in [0.3, 0.4) is 0 Å². The number of hydrogen-bond acceptors (Lipinski definition) is 5. The third-order valence-corrected chi connectivity index (χ3v) is 9.28. The summed E-state index contributed by atoms with van der Waals surface area (Å²) in [7, 11) is 1.61. The summed E-state index contributed by atoms with van der Waals surface area (Å²) in [6, 6.07) is 13.7. The maximum Gasteiger partial charge on any atom is 0.324 e. The Morgan fingerprint density at radius 3 is 2.37 bits per heavy atom. The fourth-order valence-electron chi connectivity index (χ4n) is 4.58. The Labute approximate surface area is 254 Å². The molecule has 0 saturated carbocycles. The molecule has 0 spiro atoms. The first-order valence-electron chi connectivity index (χ1n) is 13.1. The molecule has 1 aliphatic rings. The highest BCUT2D eigenvalue weighted by Gasteiger charge is 2.45. The van der Waals surface area contributed by atoms with Crippen molar-refractivity contribution in [3.63, 3.8) is 0 Å². The second-order valence-electron chi connectivity index (χ2n) is 11.4. The number of halogens is 2. The SMILES string of the molecule is COc1ccc(CN2CCN(C(=O)c3cc(C(C)(C)C)sc3NC(=O)Nc3cccc(Cl)c3Cl)C(C)(C)C2=O)cc1. The van der Waals surface area contributed by atoms with Crippen LogP contribution in [-0.4, -0.2) is 53.4 Å². The van der Waals surface area contributed by atoms with Gasteiger partial charge in [0.05, 0.1) is 28.4 Å². The molecule has 4 amide bonds. The van der Waals surface area contributed by atoms with Gasteiger partial charge in [-0.25, -0.2) is 4.79 Å². The van der Waals surface area contributed by atoms with E-state index in [4.69, 9.17) is 27.9 Å². The zero-order valence-electron chi connectivity index (χ0n) is 23.9. The number of thiophene rings is 1. The van der Waals surface area contributed by atoms with Crippen molar-refractivity contribution < 1.29 is 19.1 Å². The van der Waals surface area contributed by atoms with Crippen molar-refractivity contribution in [2.24, 2.45) is 0 Å². The zero-order chi connectivity index (χ0) is 30.1. The minimum atomic E-state index is -1.10. The van der Waals surface area contributed by atoms with E-state index in [0.717, 1.165) is 16.2 Å². The largest absolute Gasteiger partial charge is 0.497 e. The van der Waals surface area contributed by atoms with E-state index >= 15 is 0 Å². The van der Waals surface area contributed by atoms with Crippen LogP contribution in [0.4, 0.5) is 15.5 Å². The zero-order valence-corrected chi connectivity index (χ0v) is 26.3. The van der Waals surface area contributed by atoms with E-state index in [1.165, 1.54) is 11.3 Å². The monoisotopic (exact) mass is 616 g/mol. The van der Waals surface area contributed by atoms with Gasteiger partial charge in [-0.3, -0.25) is 14.9 Å². The molecule has 4 rings (SSSR count). The number of amides is 4. The number of ether oxygens (including phenoxy) is 1. The van der Waals surface area contributed by atoms with Crippen molar-refractivity contribution in [3.05, 3.63) is 74.6 Å². The summed E-state index contributed by atoms with van der Waals surface area (Å²) in [5.74, 6) is 0.271. The van der Waals surface area contributed by atoms with Gasteiger partial charge in [-0.1, -0.05) is 62.2 Å². The minimum Gasteiger partial charge on any atom is -0.497 e. The number of carbonyl (C=O) groups is 3. The van der Waals surface area contributed by atoms with Crippen LogP contribution in [0.15, 0.2) is 48.5 Å². The van der Waals surface area contributed by atoms with Crippen LogP contribution in [0.2, 0.25) is 10.0 Å². The average Bonchev–Trinajstić information content (AvgIpc) is 3.34. The van der Waals surface area contributed by atoms with Gasteiger partial charge >= 0.3 is 6.03 Å². The van der Waals surface area contributed by atoms with E-state index in [1.807, 2.05) is 45.0 Å². The molecule has 8 nitrogen and oxygen atoms in total. The summed E-state index contributed by atoms with van der Waals surface area (Å²) < 4.78 is 5.23. The number of piperazine rings is 1. The molecule has 0 bridgehead atoms. The van der Waals surface area contributed by atoms with Gasteiger partial charge in [-0.05, 0) is 55.2 Å². The molecule has 0 aliphatic carbocycles. The molecule has 218 valence electrons. The van der Waals surface area contributed by atoms with Gasteiger partial charge in [0.15, 0.2) is 0 Å². The van der Waals surface area contributed by atoms with Crippen molar-refractivity contribution in [2.45, 2.75) is 52.1 Å². The van der Waals surface area contributed by atoms with Crippen LogP contribution >= 0.6 is 34.5 Å². The van der Waals surface area contributed by atoms with Gasteiger partial charge in [-0.2, -0.15) is 0 Å². The van der Waals surface area contributed by atoms with Gasteiger partial charge in [0.2, 0.25) is 5.91 Å². The first kappa shape index (κ1) is 30.7. The number of carbonyl (C=O) groups excluding carboxylic acids is 3. The first-order valence-corrected chi connectivity index (χ1v) is 14.7. The Kier molecular flexibility index (Phi) is 8.92. The third kappa shape index (κ3) is 6.63. The maximum atomic E-state index is 14.0. The standard InChI is InChI=1S/C30H34Cl2N4O4S/c1-29(2,3)23-16-20(25(41-23)34-28(39)33-22-9-7-8-21(31)24(22)32)26(37)36-15-14-35(27(38)30(36,4)5)17-18-10-12-19(40-6)13-11-18/h7-13,16H,14-15,17H2,1-6H3,(H2,33,34,39). The molecule has 1 aromatic heterocycles. The van der Waals surface area contributed by atoms with Gasteiger partial charge in [-0.15, -0.1) is 11.3 Å². The van der Waals surface area contributed by atoms with Crippen molar-refractivity contribution in [1.82, 2.24) is 9.80 Å². The highest BCUT2D eigenvalue weighted by molar-refractivity contribution is 7.16. The lowest BCUT2D eigenvalue weighted by atomic mass is 9.93. The molecule has 1 saturated heterocycles. The summed E-state index contributed by atoms with van der Waals surface area (Å²) in [5.41, 5.74) is 0.280. The number of anilines is 2. The Bertz CT molecular complexity index is 1460. The number of methoxy groups -OCH3 is 1. The van der Waals surface area contributed by atoms with Crippen molar-refractivity contribution in [3.8, 4) is 5.75 Å². The van der Waals surface area contributed by atoms with Gasteiger partial charge in [0, 0.05) is 24.5 Å². The second-order valence-corrected chi connectivity index (χ2v) is 13.2. The molecule has 0 unspecified atom stereocenters. The summed E-state index contributed by atoms with van der Waals surface area (Å²) in [6.07, 6.45) is 0. The molecular formula is C30H34Cl2N4O4S. The summed E-state index contributed by atoms with van der Waals surface area (Å²) >= 11 is 13.6. The molecule has 41 heavy (non-hydrogen) atoms. The number of urea groups is 1. The Morgan fingerprint density at radius 2 is 1.73 bits per heavy atom. The van der Waals surface area contributed by atoms with Gasteiger partial charge in [0.25, 0.3) is 5.91 Å². The van der Waals surface area contributed by atoms with Crippen LogP contribution in [-0.2, 0) is 16.8 Å². The minimum absolute atomic E-state index is 0.151. The molecule has 11 heteroatoms. The average molecular weight is 618 g/mol. The lowest BCUT2D eigenvalue weighted by Crippen LogP contribution is -2.64. The Hall–Kier alpha value is -3.27. The predicted molar refractivity (Wildman–Crippen MR) is 166 cm³/mol. The summed E-state index contributed by atoms with van der Waals surface area (Å²) in [4.78, 5) is 44.9. The fourth-order valence-corrected chi connectivity index (χ4v) is 6.03. The lowest BCUT2D eigenvalue weighted by molar-refractivity contribution is -0.147. The van der Waals surface area contributed by atoms with Crippen LogP contribution in [0.25, 0.3) is 0 Å². The summed E-state index contributed by atoms with van der Waals surface area (Å²) in [6.45, 7) is 10.8. The van der Waals surface area contributed by atoms with E-state index < -0.39 is 11.6 Å². The van der Waals surface area contributed by atoms with Gasteiger partial charge < -0.3 is 19.9 Å². The quantitative estimate of drug-likeness (QED) is 0.305. The molecule has 2 N–H and O–H groups in total. The highest BCUT2D eigenvalue weighted by atomic mass is 35.5. The fraction of sp³-hybridized carbons (Fsp3) is 0.367. The highest BCUT2D eigenvalue weighted by Crippen LogP contribution is 2.38. The molecule has 1 aliphatic heterocycles. The molecule has 3 aromatic rings.